The van der Waals surface area contributed by atoms with E-state index in [2.05, 4.69) is 19.2 Å². The van der Waals surface area contributed by atoms with Crippen LogP contribution in [0.4, 0.5) is 5.69 Å². The summed E-state index contributed by atoms with van der Waals surface area (Å²) in [5, 5.41) is 3.12. The van der Waals surface area contributed by atoms with Crippen LogP contribution in [0.15, 0.2) is 48.5 Å². The number of amides is 1. The molecule has 2 heterocycles. The summed E-state index contributed by atoms with van der Waals surface area (Å²) in [5.74, 6) is 0.773. The molecule has 2 aromatic carbocycles. The predicted octanol–water partition coefficient (Wildman–Crippen LogP) is 3.80. The number of carbonyl (C=O) groups is 1. The highest BCUT2D eigenvalue weighted by molar-refractivity contribution is 7.92. The van der Waals surface area contributed by atoms with Gasteiger partial charge in [-0.25, -0.2) is 8.42 Å². The largest absolute Gasteiger partial charge is 0.487 e. The van der Waals surface area contributed by atoms with E-state index in [0.717, 1.165) is 24.2 Å². The van der Waals surface area contributed by atoms with Crippen LogP contribution < -0.4 is 19.1 Å². The van der Waals surface area contributed by atoms with Gasteiger partial charge in [0.15, 0.2) is 6.10 Å². The molecule has 0 aromatic heterocycles. The molecule has 172 valence electrons. The highest BCUT2D eigenvalue weighted by Crippen LogP contribution is 2.43. The molecular weight excluding hydrogens is 428 g/mol. The van der Waals surface area contributed by atoms with Crippen molar-refractivity contribution >= 4 is 21.6 Å². The minimum atomic E-state index is -3.56. The smallest absolute Gasteiger partial charge is 0.263 e. The van der Waals surface area contributed by atoms with Crippen molar-refractivity contribution in [3.8, 4) is 11.5 Å². The molecule has 0 spiro atoms. The number of sulfonamides is 1. The molecule has 0 radical (unpaired) electrons. The first-order valence-electron chi connectivity index (χ1n) is 11.2. The van der Waals surface area contributed by atoms with E-state index in [9.17, 15) is 13.2 Å². The number of para-hydroxylation sites is 3. The van der Waals surface area contributed by atoms with Crippen LogP contribution >= 0.6 is 0 Å². The number of nitrogens with one attached hydrogen (secondary N) is 1. The summed E-state index contributed by atoms with van der Waals surface area (Å²) in [6.45, 7) is 5.71. The zero-order chi connectivity index (χ0) is 22.9. The third-order valence-corrected chi connectivity index (χ3v) is 8.28. The van der Waals surface area contributed by atoms with Crippen LogP contribution in [0.2, 0.25) is 0 Å². The average Bonchev–Trinajstić information content (AvgIpc) is 2.83. The molecule has 1 amide bonds. The van der Waals surface area contributed by atoms with Gasteiger partial charge in [-0.05, 0) is 38.0 Å². The lowest BCUT2D eigenvalue weighted by Gasteiger charge is -2.42. The molecule has 0 saturated heterocycles. The van der Waals surface area contributed by atoms with E-state index in [4.69, 9.17) is 9.47 Å². The zero-order valence-electron chi connectivity index (χ0n) is 18.7. The molecule has 2 unspecified atom stereocenters. The van der Waals surface area contributed by atoms with Gasteiger partial charge < -0.3 is 14.8 Å². The standard InChI is InChI=1S/C24H30N2O5S/c1-4-24(5-2)15-18(17-11-7-9-13-20(17)31-24)25-23(27)22-16-26(32(28,29)6-3)19-12-8-10-14-21(19)30-22/h7-14,18,22H,4-6,15-16H2,1-3H3,(H,25,27). The Hall–Kier alpha value is -2.74. The van der Waals surface area contributed by atoms with E-state index in [1.54, 1.807) is 31.2 Å². The van der Waals surface area contributed by atoms with Gasteiger partial charge in [-0.2, -0.15) is 0 Å². The molecule has 2 aromatic rings. The van der Waals surface area contributed by atoms with Crippen molar-refractivity contribution in [3.05, 3.63) is 54.1 Å². The monoisotopic (exact) mass is 458 g/mol. The highest BCUT2D eigenvalue weighted by Gasteiger charge is 2.41. The third kappa shape index (κ3) is 4.03. The van der Waals surface area contributed by atoms with Gasteiger partial charge in [-0.1, -0.05) is 44.2 Å². The van der Waals surface area contributed by atoms with Crippen LogP contribution in [-0.4, -0.2) is 38.3 Å². The summed E-state index contributed by atoms with van der Waals surface area (Å²) in [4.78, 5) is 13.3. The molecule has 1 N–H and O–H groups in total. The maximum atomic E-state index is 13.3. The molecule has 0 aliphatic carbocycles. The predicted molar refractivity (Wildman–Crippen MR) is 124 cm³/mol. The van der Waals surface area contributed by atoms with Gasteiger partial charge in [0, 0.05) is 12.0 Å². The lowest BCUT2D eigenvalue weighted by Crippen LogP contribution is -2.53. The van der Waals surface area contributed by atoms with Crippen LogP contribution in [0.3, 0.4) is 0 Å². The number of ether oxygens (including phenoxy) is 2. The topological polar surface area (TPSA) is 84.9 Å². The number of nitrogens with zero attached hydrogens (tertiary/aromatic N) is 1. The molecule has 4 rings (SSSR count). The minimum absolute atomic E-state index is 0.0570. The quantitative estimate of drug-likeness (QED) is 0.712. The second kappa shape index (κ2) is 8.65. The number of carbonyl (C=O) groups excluding carboxylic acids is 1. The molecule has 2 atom stereocenters. The Bertz CT molecular complexity index is 1100. The van der Waals surface area contributed by atoms with E-state index < -0.39 is 16.1 Å². The zero-order valence-corrected chi connectivity index (χ0v) is 19.5. The molecule has 0 fully saturated rings. The van der Waals surface area contributed by atoms with Crippen LogP contribution in [0.25, 0.3) is 0 Å². The lowest BCUT2D eigenvalue weighted by molar-refractivity contribution is -0.129. The Kier molecular flexibility index (Phi) is 6.07. The Balaban J connectivity index is 1.61. The summed E-state index contributed by atoms with van der Waals surface area (Å²) >= 11 is 0. The Morgan fingerprint density at radius 2 is 1.72 bits per heavy atom. The van der Waals surface area contributed by atoms with Crippen molar-refractivity contribution in [2.24, 2.45) is 0 Å². The first-order chi connectivity index (χ1) is 15.3. The molecule has 8 heteroatoms. The number of anilines is 1. The van der Waals surface area contributed by atoms with Crippen LogP contribution in [0.5, 0.6) is 11.5 Å². The van der Waals surface area contributed by atoms with Gasteiger partial charge >= 0.3 is 0 Å². The summed E-state index contributed by atoms with van der Waals surface area (Å²) in [6.07, 6.45) is 1.34. The number of rotatable bonds is 6. The van der Waals surface area contributed by atoms with Crippen molar-refractivity contribution in [3.63, 3.8) is 0 Å². The average molecular weight is 459 g/mol. The Morgan fingerprint density at radius 3 is 2.41 bits per heavy atom. The molecule has 0 bridgehead atoms. The molecule has 2 aliphatic heterocycles. The van der Waals surface area contributed by atoms with E-state index in [1.807, 2.05) is 24.3 Å². The third-order valence-electron chi connectivity index (χ3n) is 6.53. The van der Waals surface area contributed by atoms with E-state index >= 15 is 0 Å². The summed E-state index contributed by atoms with van der Waals surface area (Å²) in [6, 6.07) is 14.4. The van der Waals surface area contributed by atoms with Gasteiger partial charge in [0.1, 0.15) is 17.1 Å². The fourth-order valence-corrected chi connectivity index (χ4v) is 5.58. The van der Waals surface area contributed by atoms with Crippen molar-refractivity contribution < 1.29 is 22.7 Å². The van der Waals surface area contributed by atoms with Crippen LogP contribution in [0.1, 0.15) is 51.6 Å². The Labute approximate surface area is 189 Å². The van der Waals surface area contributed by atoms with Gasteiger partial charge in [0.2, 0.25) is 10.0 Å². The van der Waals surface area contributed by atoms with Crippen molar-refractivity contribution in [1.82, 2.24) is 5.32 Å². The van der Waals surface area contributed by atoms with Gasteiger partial charge in [0.25, 0.3) is 5.91 Å². The first kappa shape index (κ1) is 22.5. The van der Waals surface area contributed by atoms with Gasteiger partial charge in [0.05, 0.1) is 24.0 Å². The van der Waals surface area contributed by atoms with Gasteiger partial charge in [-0.3, -0.25) is 9.10 Å². The summed E-state index contributed by atoms with van der Waals surface area (Å²) < 4.78 is 39.0. The lowest BCUT2D eigenvalue weighted by atomic mass is 9.83. The second-order valence-corrected chi connectivity index (χ2v) is 10.5. The molecule has 2 aliphatic rings. The maximum Gasteiger partial charge on any atom is 0.263 e. The van der Waals surface area contributed by atoms with Crippen molar-refractivity contribution in [2.45, 2.75) is 57.8 Å². The number of hydrogen-bond acceptors (Lipinski definition) is 5. The fourth-order valence-electron chi connectivity index (χ4n) is 4.45. The molecule has 7 nitrogen and oxygen atoms in total. The SMILES string of the molecule is CCC1(CC)CC(NC(=O)C2CN(S(=O)(=O)CC)c3ccccc3O2)c2ccccc2O1. The van der Waals surface area contributed by atoms with E-state index in [1.165, 1.54) is 4.31 Å². The molecular formula is C24H30N2O5S. The summed E-state index contributed by atoms with van der Waals surface area (Å²) in [7, 11) is -3.56. The normalized spacial score (nSPS) is 21.5. The highest BCUT2D eigenvalue weighted by atomic mass is 32.2. The van der Waals surface area contributed by atoms with Crippen LogP contribution in [-0.2, 0) is 14.8 Å². The van der Waals surface area contributed by atoms with Crippen molar-refractivity contribution in [2.75, 3.05) is 16.6 Å². The maximum absolute atomic E-state index is 13.3. The van der Waals surface area contributed by atoms with E-state index in [0.29, 0.717) is 17.9 Å². The number of benzene rings is 2. The van der Waals surface area contributed by atoms with E-state index in [-0.39, 0.29) is 29.8 Å². The van der Waals surface area contributed by atoms with Crippen LogP contribution in [0, 0.1) is 0 Å². The number of fused-ring (bicyclic) bond motifs is 2. The molecule has 0 saturated carbocycles. The first-order valence-corrected chi connectivity index (χ1v) is 12.8. The molecule has 32 heavy (non-hydrogen) atoms. The van der Waals surface area contributed by atoms with Gasteiger partial charge in [-0.15, -0.1) is 0 Å². The van der Waals surface area contributed by atoms with Crippen molar-refractivity contribution in [1.29, 1.82) is 0 Å². The fraction of sp³-hybridized carbons (Fsp3) is 0.458. The summed E-state index contributed by atoms with van der Waals surface area (Å²) in [5.41, 5.74) is 1.03. The minimum Gasteiger partial charge on any atom is -0.487 e. The Morgan fingerprint density at radius 1 is 1.06 bits per heavy atom. The number of hydrogen-bond donors (Lipinski definition) is 1. The second-order valence-electron chi connectivity index (χ2n) is 8.30.